The maximum Gasteiger partial charge on any atom is 0.164 e. The van der Waals surface area contributed by atoms with Gasteiger partial charge in [-0.15, -0.1) is 0 Å². The number of aldehydes is 1. The van der Waals surface area contributed by atoms with Gasteiger partial charge < -0.3 is 19.0 Å². The van der Waals surface area contributed by atoms with Crippen molar-refractivity contribution in [2.45, 2.75) is 12.3 Å². The smallest absolute Gasteiger partial charge is 0.164 e. The van der Waals surface area contributed by atoms with Crippen LogP contribution in [-0.2, 0) is 4.79 Å². The van der Waals surface area contributed by atoms with Gasteiger partial charge in [0.15, 0.2) is 11.5 Å². The lowest BCUT2D eigenvalue weighted by molar-refractivity contribution is -0.109. The van der Waals surface area contributed by atoms with Gasteiger partial charge in [0.1, 0.15) is 12.0 Å². The van der Waals surface area contributed by atoms with Crippen molar-refractivity contribution in [3.8, 4) is 17.2 Å². The Hall–Kier alpha value is -1.71. The highest BCUT2D eigenvalue weighted by Gasteiger charge is 2.23. The summed E-state index contributed by atoms with van der Waals surface area (Å²) in [5.41, 5.74) is 0.874. The predicted octanol–water partition coefficient (Wildman–Crippen LogP) is 1.77. The fraction of sp³-hybridized carbons (Fsp3) is 0.417. The van der Waals surface area contributed by atoms with Crippen molar-refractivity contribution in [1.29, 1.82) is 0 Å². The molecule has 0 aromatic heterocycles. The Morgan fingerprint density at radius 1 is 1.31 bits per heavy atom. The van der Waals surface area contributed by atoms with Crippen LogP contribution in [0.5, 0.6) is 17.2 Å². The van der Waals surface area contributed by atoms with Gasteiger partial charge in [-0.05, 0) is 12.5 Å². The van der Waals surface area contributed by atoms with Crippen LogP contribution >= 0.6 is 0 Å². The average Bonchev–Trinajstić information content (AvgIpc) is 2.36. The number of rotatable bonds is 3. The standard InChI is InChI=1S/C12H14O4/c1-14-11-5-9-8(7-13)3-4-16-10(9)6-12(11)15-2/h5-8H,3-4H2,1-2H3. The molecule has 0 spiro atoms. The summed E-state index contributed by atoms with van der Waals surface area (Å²) in [6.07, 6.45) is 1.67. The first-order valence-electron chi connectivity index (χ1n) is 5.14. The highest BCUT2D eigenvalue weighted by Crippen LogP contribution is 2.40. The minimum atomic E-state index is -0.108. The third-order valence-corrected chi connectivity index (χ3v) is 2.77. The van der Waals surface area contributed by atoms with Crippen molar-refractivity contribution < 1.29 is 19.0 Å². The third kappa shape index (κ3) is 1.71. The van der Waals surface area contributed by atoms with E-state index in [-0.39, 0.29) is 5.92 Å². The van der Waals surface area contributed by atoms with Gasteiger partial charge in [-0.1, -0.05) is 0 Å². The molecule has 1 aliphatic heterocycles. The SMILES string of the molecule is COc1cc2c(cc1OC)C(C=O)CCO2. The van der Waals surface area contributed by atoms with Gasteiger partial charge in [-0.25, -0.2) is 0 Å². The fourth-order valence-corrected chi connectivity index (χ4v) is 1.88. The first-order valence-corrected chi connectivity index (χ1v) is 5.14. The van der Waals surface area contributed by atoms with Crippen molar-refractivity contribution in [3.63, 3.8) is 0 Å². The normalized spacial score (nSPS) is 18.2. The molecule has 1 aromatic carbocycles. The summed E-state index contributed by atoms with van der Waals surface area (Å²) in [7, 11) is 3.15. The Balaban J connectivity index is 2.50. The average molecular weight is 222 g/mol. The molecule has 16 heavy (non-hydrogen) atoms. The Bertz CT molecular complexity index is 400. The van der Waals surface area contributed by atoms with Gasteiger partial charge in [0.2, 0.25) is 0 Å². The molecule has 0 saturated carbocycles. The zero-order valence-corrected chi connectivity index (χ0v) is 9.36. The summed E-state index contributed by atoms with van der Waals surface area (Å²) >= 11 is 0. The molecule has 0 fully saturated rings. The molecule has 0 saturated heterocycles. The number of hydrogen-bond acceptors (Lipinski definition) is 4. The Kier molecular flexibility index (Phi) is 2.99. The van der Waals surface area contributed by atoms with Gasteiger partial charge in [-0.2, -0.15) is 0 Å². The van der Waals surface area contributed by atoms with Gasteiger partial charge in [-0.3, -0.25) is 0 Å². The molecule has 1 unspecified atom stereocenters. The van der Waals surface area contributed by atoms with Crippen molar-refractivity contribution in [3.05, 3.63) is 17.7 Å². The lowest BCUT2D eigenvalue weighted by atomic mass is 9.94. The second kappa shape index (κ2) is 4.43. The second-order valence-corrected chi connectivity index (χ2v) is 3.62. The molecule has 0 bridgehead atoms. The Labute approximate surface area is 94.1 Å². The molecule has 1 aromatic rings. The molecule has 0 radical (unpaired) electrons. The Morgan fingerprint density at radius 2 is 2.00 bits per heavy atom. The maximum atomic E-state index is 10.9. The van der Waals surface area contributed by atoms with Crippen LogP contribution < -0.4 is 14.2 Å². The molecule has 1 aliphatic rings. The fourth-order valence-electron chi connectivity index (χ4n) is 1.88. The molecule has 86 valence electrons. The number of carbonyl (C=O) groups excluding carboxylic acids is 1. The van der Waals surface area contributed by atoms with E-state index in [0.717, 1.165) is 11.8 Å². The molecule has 1 heterocycles. The van der Waals surface area contributed by atoms with Crippen molar-refractivity contribution in [2.75, 3.05) is 20.8 Å². The van der Waals surface area contributed by atoms with E-state index in [1.54, 1.807) is 20.3 Å². The molecule has 1 atom stereocenters. The van der Waals surface area contributed by atoms with Crippen LogP contribution in [0.3, 0.4) is 0 Å². The van der Waals surface area contributed by atoms with Gasteiger partial charge in [0.25, 0.3) is 0 Å². The number of fused-ring (bicyclic) bond motifs is 1. The Morgan fingerprint density at radius 3 is 2.62 bits per heavy atom. The first kappa shape index (κ1) is 10.8. The molecule has 4 heteroatoms. The van der Waals surface area contributed by atoms with Crippen LogP contribution in [0, 0.1) is 0 Å². The van der Waals surface area contributed by atoms with E-state index in [0.29, 0.717) is 30.3 Å². The van der Waals surface area contributed by atoms with Crippen LogP contribution in [0.2, 0.25) is 0 Å². The third-order valence-electron chi connectivity index (χ3n) is 2.77. The molecule has 0 N–H and O–H groups in total. The van der Waals surface area contributed by atoms with Crippen LogP contribution in [0.25, 0.3) is 0 Å². The number of ether oxygens (including phenoxy) is 3. The van der Waals surface area contributed by atoms with E-state index in [9.17, 15) is 4.79 Å². The largest absolute Gasteiger partial charge is 0.493 e. The number of methoxy groups -OCH3 is 2. The zero-order chi connectivity index (χ0) is 11.5. The topological polar surface area (TPSA) is 44.8 Å². The predicted molar refractivity (Wildman–Crippen MR) is 58.5 cm³/mol. The zero-order valence-electron chi connectivity index (χ0n) is 9.36. The summed E-state index contributed by atoms with van der Waals surface area (Å²) in [6.45, 7) is 0.561. The number of benzene rings is 1. The van der Waals surface area contributed by atoms with Crippen molar-refractivity contribution >= 4 is 6.29 Å². The quantitative estimate of drug-likeness (QED) is 0.731. The summed E-state index contributed by atoms with van der Waals surface area (Å²) < 4.78 is 15.9. The van der Waals surface area contributed by atoms with Gasteiger partial charge in [0, 0.05) is 17.5 Å². The lowest BCUT2D eigenvalue weighted by Gasteiger charge is -2.23. The van der Waals surface area contributed by atoms with Crippen LogP contribution in [0.15, 0.2) is 12.1 Å². The van der Waals surface area contributed by atoms with E-state index in [1.807, 2.05) is 6.07 Å². The van der Waals surface area contributed by atoms with Crippen LogP contribution in [0.1, 0.15) is 17.9 Å². The van der Waals surface area contributed by atoms with E-state index in [2.05, 4.69) is 0 Å². The molecule has 0 aliphatic carbocycles. The minimum Gasteiger partial charge on any atom is -0.493 e. The van der Waals surface area contributed by atoms with Crippen LogP contribution in [0.4, 0.5) is 0 Å². The summed E-state index contributed by atoms with van der Waals surface area (Å²) in [5.74, 6) is 1.84. The molecule has 4 nitrogen and oxygen atoms in total. The van der Waals surface area contributed by atoms with Crippen molar-refractivity contribution in [2.24, 2.45) is 0 Å². The highest BCUT2D eigenvalue weighted by molar-refractivity contribution is 5.67. The second-order valence-electron chi connectivity index (χ2n) is 3.62. The lowest BCUT2D eigenvalue weighted by Crippen LogP contribution is -2.15. The number of hydrogen-bond donors (Lipinski definition) is 0. The molecule has 2 rings (SSSR count). The van der Waals surface area contributed by atoms with E-state index < -0.39 is 0 Å². The van der Waals surface area contributed by atoms with Crippen molar-refractivity contribution in [1.82, 2.24) is 0 Å². The summed E-state index contributed by atoms with van der Waals surface area (Å²) in [6, 6.07) is 3.58. The highest BCUT2D eigenvalue weighted by atomic mass is 16.5. The molecular formula is C12H14O4. The van der Waals surface area contributed by atoms with E-state index in [4.69, 9.17) is 14.2 Å². The number of carbonyl (C=O) groups is 1. The maximum absolute atomic E-state index is 10.9. The van der Waals surface area contributed by atoms with Gasteiger partial charge in [0.05, 0.1) is 20.8 Å². The first-order chi connectivity index (χ1) is 7.80. The molecule has 0 amide bonds. The van der Waals surface area contributed by atoms with Crippen LogP contribution in [-0.4, -0.2) is 27.1 Å². The summed E-state index contributed by atoms with van der Waals surface area (Å²) in [4.78, 5) is 10.9. The van der Waals surface area contributed by atoms with Gasteiger partial charge >= 0.3 is 0 Å². The van der Waals surface area contributed by atoms with E-state index >= 15 is 0 Å². The monoisotopic (exact) mass is 222 g/mol. The summed E-state index contributed by atoms with van der Waals surface area (Å²) in [5, 5.41) is 0. The van der Waals surface area contributed by atoms with E-state index in [1.165, 1.54) is 0 Å². The molecular weight excluding hydrogens is 208 g/mol. The minimum absolute atomic E-state index is 0.108.